The average molecular weight is 402 g/mol. The van der Waals surface area contributed by atoms with Crippen molar-refractivity contribution >= 4 is 17.5 Å². The molecule has 0 spiro atoms. The Labute approximate surface area is 159 Å². The zero-order chi connectivity index (χ0) is 19.6. The summed E-state index contributed by atoms with van der Waals surface area (Å²) in [5.74, 6) is -0.291. The third-order valence-corrected chi connectivity index (χ3v) is 4.62. The fourth-order valence-corrected chi connectivity index (χ4v) is 3.31. The van der Waals surface area contributed by atoms with Gasteiger partial charge >= 0.3 is 6.36 Å². The van der Waals surface area contributed by atoms with E-state index in [2.05, 4.69) is 9.64 Å². The first-order valence-corrected chi connectivity index (χ1v) is 8.77. The summed E-state index contributed by atoms with van der Waals surface area (Å²) >= 11 is 5.94. The molecule has 1 aromatic heterocycles. The van der Waals surface area contributed by atoms with Crippen molar-refractivity contribution < 1.29 is 22.7 Å². The van der Waals surface area contributed by atoms with Gasteiger partial charge in [0.05, 0.1) is 5.02 Å². The second-order valence-corrected chi connectivity index (χ2v) is 6.85. The minimum atomic E-state index is -4.69. The summed E-state index contributed by atoms with van der Waals surface area (Å²) in [7, 11) is 1.78. The molecule has 146 valence electrons. The van der Waals surface area contributed by atoms with Crippen LogP contribution < -0.4 is 4.74 Å². The van der Waals surface area contributed by atoms with Crippen molar-refractivity contribution in [2.75, 3.05) is 26.2 Å². The van der Waals surface area contributed by atoms with Gasteiger partial charge in [0.2, 0.25) is 0 Å². The predicted molar refractivity (Wildman–Crippen MR) is 94.7 cm³/mol. The van der Waals surface area contributed by atoms with Crippen molar-refractivity contribution in [1.82, 2.24) is 14.4 Å². The number of piperazine rings is 1. The van der Waals surface area contributed by atoms with E-state index in [0.717, 1.165) is 5.56 Å². The predicted octanol–water partition coefficient (Wildman–Crippen LogP) is 3.54. The van der Waals surface area contributed by atoms with Crippen LogP contribution >= 0.6 is 11.6 Å². The van der Waals surface area contributed by atoms with E-state index in [-0.39, 0.29) is 11.7 Å². The highest BCUT2D eigenvalue weighted by Crippen LogP contribution is 2.23. The number of benzene rings is 1. The molecule has 0 saturated carbocycles. The number of hydrogen-bond donors (Lipinski definition) is 0. The highest BCUT2D eigenvalue weighted by atomic mass is 35.5. The van der Waals surface area contributed by atoms with Gasteiger partial charge in [-0.2, -0.15) is 0 Å². The second kappa shape index (κ2) is 7.82. The fourth-order valence-electron chi connectivity index (χ4n) is 3.06. The lowest BCUT2D eigenvalue weighted by Crippen LogP contribution is -2.48. The number of aryl methyl sites for hydroxylation is 1. The number of ether oxygens (including phenoxy) is 1. The summed E-state index contributed by atoms with van der Waals surface area (Å²) < 4.78 is 42.2. The molecule has 1 fully saturated rings. The van der Waals surface area contributed by atoms with Crippen LogP contribution in [0, 0.1) is 0 Å². The van der Waals surface area contributed by atoms with E-state index in [1.54, 1.807) is 40.9 Å². The van der Waals surface area contributed by atoms with E-state index < -0.39 is 6.36 Å². The minimum absolute atomic E-state index is 0.0577. The Morgan fingerprint density at radius 3 is 2.30 bits per heavy atom. The van der Waals surface area contributed by atoms with Crippen molar-refractivity contribution in [2.24, 2.45) is 7.05 Å². The van der Waals surface area contributed by atoms with E-state index in [1.807, 2.05) is 0 Å². The van der Waals surface area contributed by atoms with E-state index in [0.29, 0.717) is 43.4 Å². The molecule has 1 aliphatic heterocycles. The van der Waals surface area contributed by atoms with Gasteiger partial charge in [0.1, 0.15) is 11.4 Å². The molecule has 0 bridgehead atoms. The first-order valence-electron chi connectivity index (χ1n) is 8.39. The number of hydrogen-bond acceptors (Lipinski definition) is 3. The fraction of sp³-hybridized carbons (Fsp3) is 0.389. The van der Waals surface area contributed by atoms with Crippen LogP contribution in [0.3, 0.4) is 0 Å². The lowest BCUT2D eigenvalue weighted by molar-refractivity contribution is -0.274. The number of carbonyl (C=O) groups excluding carboxylic acids is 1. The molecule has 2 heterocycles. The number of alkyl halides is 3. The summed E-state index contributed by atoms with van der Waals surface area (Å²) in [6.45, 7) is 3.13. The molecule has 27 heavy (non-hydrogen) atoms. The first kappa shape index (κ1) is 19.6. The summed E-state index contributed by atoms with van der Waals surface area (Å²) in [4.78, 5) is 16.5. The average Bonchev–Trinajstić information content (AvgIpc) is 2.94. The zero-order valence-electron chi connectivity index (χ0n) is 14.7. The number of halogens is 4. The topological polar surface area (TPSA) is 37.7 Å². The Morgan fingerprint density at radius 1 is 1.15 bits per heavy atom. The van der Waals surface area contributed by atoms with Crippen LogP contribution in [-0.4, -0.2) is 52.8 Å². The Bertz CT molecular complexity index is 797. The van der Waals surface area contributed by atoms with Crippen molar-refractivity contribution in [3.05, 3.63) is 52.8 Å². The first-order chi connectivity index (χ1) is 12.7. The van der Waals surface area contributed by atoms with Crippen molar-refractivity contribution in [2.45, 2.75) is 12.9 Å². The third-order valence-electron chi connectivity index (χ3n) is 4.41. The zero-order valence-corrected chi connectivity index (χ0v) is 15.4. The molecular formula is C18H19ClF3N3O2. The molecule has 1 aliphatic rings. The van der Waals surface area contributed by atoms with E-state index in [4.69, 9.17) is 11.6 Å². The van der Waals surface area contributed by atoms with Crippen LogP contribution in [0.4, 0.5) is 13.2 Å². The molecule has 0 N–H and O–H groups in total. The Morgan fingerprint density at radius 2 is 1.78 bits per heavy atom. The van der Waals surface area contributed by atoms with Gasteiger partial charge in [-0.25, -0.2) is 0 Å². The molecule has 5 nitrogen and oxygen atoms in total. The quantitative estimate of drug-likeness (QED) is 0.786. The Kier molecular flexibility index (Phi) is 5.67. The summed E-state index contributed by atoms with van der Waals surface area (Å²) in [5, 5.41) is 0.525. The van der Waals surface area contributed by atoms with Gasteiger partial charge in [-0.3, -0.25) is 9.69 Å². The minimum Gasteiger partial charge on any atom is -0.406 e. The SMILES string of the molecule is Cn1cc(Cl)cc1C(=O)N1CCN(Cc2ccc(OC(F)(F)F)cc2)CC1. The monoisotopic (exact) mass is 401 g/mol. The Balaban J connectivity index is 1.52. The number of carbonyl (C=O) groups is 1. The van der Waals surface area contributed by atoms with Gasteiger partial charge < -0.3 is 14.2 Å². The molecule has 0 radical (unpaired) electrons. The van der Waals surface area contributed by atoms with E-state index in [9.17, 15) is 18.0 Å². The van der Waals surface area contributed by atoms with Crippen LogP contribution in [0.15, 0.2) is 36.5 Å². The molecule has 0 atom stereocenters. The van der Waals surface area contributed by atoms with Gasteiger partial charge in [-0.05, 0) is 23.8 Å². The lowest BCUT2D eigenvalue weighted by atomic mass is 10.2. The highest BCUT2D eigenvalue weighted by Gasteiger charge is 2.31. The summed E-state index contributed by atoms with van der Waals surface area (Å²) in [6.07, 6.45) is -3.00. The second-order valence-electron chi connectivity index (χ2n) is 6.41. The molecule has 1 aromatic carbocycles. The van der Waals surface area contributed by atoms with Crippen molar-refractivity contribution in [3.63, 3.8) is 0 Å². The standard InChI is InChI=1S/C18H19ClF3N3O2/c1-23-12-14(19)10-16(23)17(26)25-8-6-24(7-9-25)11-13-2-4-15(5-3-13)27-18(20,21)22/h2-5,10,12H,6-9,11H2,1H3. The molecule has 0 unspecified atom stereocenters. The largest absolute Gasteiger partial charge is 0.573 e. The van der Waals surface area contributed by atoms with Crippen LogP contribution in [0.25, 0.3) is 0 Å². The molecule has 1 saturated heterocycles. The van der Waals surface area contributed by atoms with E-state index in [1.165, 1.54) is 12.1 Å². The number of nitrogens with zero attached hydrogens (tertiary/aromatic N) is 3. The van der Waals surface area contributed by atoms with Gasteiger partial charge in [0.15, 0.2) is 0 Å². The normalized spacial score (nSPS) is 15.8. The smallest absolute Gasteiger partial charge is 0.406 e. The van der Waals surface area contributed by atoms with Crippen LogP contribution in [0.2, 0.25) is 5.02 Å². The maximum Gasteiger partial charge on any atom is 0.573 e. The van der Waals surface area contributed by atoms with Crippen molar-refractivity contribution in [1.29, 1.82) is 0 Å². The molecule has 1 amide bonds. The van der Waals surface area contributed by atoms with E-state index >= 15 is 0 Å². The summed E-state index contributed by atoms with van der Waals surface area (Å²) in [6, 6.07) is 7.50. The van der Waals surface area contributed by atoms with Gasteiger partial charge in [0.25, 0.3) is 5.91 Å². The van der Waals surface area contributed by atoms with Crippen LogP contribution in [0.1, 0.15) is 16.1 Å². The highest BCUT2D eigenvalue weighted by molar-refractivity contribution is 6.31. The van der Waals surface area contributed by atoms with Crippen molar-refractivity contribution in [3.8, 4) is 5.75 Å². The van der Waals surface area contributed by atoms with Gasteiger partial charge in [-0.1, -0.05) is 23.7 Å². The summed E-state index contributed by atoms with van der Waals surface area (Å²) in [5.41, 5.74) is 1.44. The molecule has 9 heteroatoms. The number of rotatable bonds is 4. The molecular weight excluding hydrogens is 383 g/mol. The molecule has 3 rings (SSSR count). The maximum atomic E-state index is 12.6. The molecule has 0 aliphatic carbocycles. The number of amides is 1. The van der Waals surface area contributed by atoms with Gasteiger partial charge in [0, 0.05) is 46.0 Å². The maximum absolute atomic E-state index is 12.6. The lowest BCUT2D eigenvalue weighted by Gasteiger charge is -2.34. The molecule has 2 aromatic rings. The van der Waals surface area contributed by atoms with Gasteiger partial charge in [-0.15, -0.1) is 13.2 Å². The third kappa shape index (κ3) is 5.17. The number of aromatic nitrogens is 1. The van der Waals surface area contributed by atoms with Crippen LogP contribution in [0.5, 0.6) is 5.75 Å². The van der Waals surface area contributed by atoms with Crippen LogP contribution in [-0.2, 0) is 13.6 Å². The Hall–Kier alpha value is -2.19.